The van der Waals surface area contributed by atoms with Crippen LogP contribution in [0.25, 0.3) is 0 Å². The maximum atomic E-state index is 12.7. The lowest BCUT2D eigenvalue weighted by atomic mass is 9.96. The molecule has 0 unspecified atom stereocenters. The van der Waals surface area contributed by atoms with Gasteiger partial charge in [0.1, 0.15) is 0 Å². The number of carbonyl (C=O) groups is 2. The highest BCUT2D eigenvalue weighted by Crippen LogP contribution is 2.30. The van der Waals surface area contributed by atoms with Gasteiger partial charge in [-0.2, -0.15) is 21.6 Å². The van der Waals surface area contributed by atoms with E-state index in [1.54, 1.807) is 6.08 Å². The third-order valence-electron chi connectivity index (χ3n) is 5.03. The predicted octanol–water partition coefficient (Wildman–Crippen LogP) is 5.19. The number of hydroxylamine groups is 2. The highest BCUT2D eigenvalue weighted by Gasteiger charge is 2.51. The van der Waals surface area contributed by atoms with Crippen molar-refractivity contribution < 1.29 is 35.5 Å². The summed E-state index contributed by atoms with van der Waals surface area (Å²) in [6.07, 6.45) is 14.2. The van der Waals surface area contributed by atoms with Gasteiger partial charge in [0.2, 0.25) is 0 Å². The maximum Gasteiger partial charge on any atom is 0.525 e. The standard InChI is InChI=1S/C24H26F3NO5S/c1-3-4-5-6-7-8-9-10-13-19-15-16-21-17-20(14-11-12-18(19)2)22(29)28(23(21)30)33-34(31,32)24(25,26)27/h11-12,14-16H,2-9,17H2,1H3/b12-11-,19-15-,20-14+,21-16+. The van der Waals surface area contributed by atoms with E-state index >= 15 is 0 Å². The Morgan fingerprint density at radius 1 is 1.03 bits per heavy atom. The molecular formula is C24H26F3NO5S. The van der Waals surface area contributed by atoms with Gasteiger partial charge < -0.3 is 0 Å². The van der Waals surface area contributed by atoms with Gasteiger partial charge in [-0.3, -0.25) is 9.59 Å². The Kier molecular flexibility index (Phi) is 9.65. The lowest BCUT2D eigenvalue weighted by Gasteiger charge is -2.26. The predicted molar refractivity (Wildman–Crippen MR) is 121 cm³/mol. The molecule has 34 heavy (non-hydrogen) atoms. The van der Waals surface area contributed by atoms with E-state index in [0.29, 0.717) is 17.6 Å². The van der Waals surface area contributed by atoms with Gasteiger partial charge in [-0.25, -0.2) is 0 Å². The van der Waals surface area contributed by atoms with Crippen molar-refractivity contribution >= 4 is 21.9 Å². The van der Waals surface area contributed by atoms with Crippen molar-refractivity contribution in [3.8, 4) is 11.8 Å². The number of carbonyl (C=O) groups excluding carboxylic acids is 2. The number of piperidine rings is 1. The maximum absolute atomic E-state index is 12.7. The average molecular weight is 498 g/mol. The second-order valence-corrected chi connectivity index (χ2v) is 9.24. The number of alkyl halides is 3. The van der Waals surface area contributed by atoms with Crippen LogP contribution in [0.2, 0.25) is 0 Å². The van der Waals surface area contributed by atoms with E-state index in [0.717, 1.165) is 19.3 Å². The summed E-state index contributed by atoms with van der Waals surface area (Å²) >= 11 is 0. The minimum absolute atomic E-state index is 0.127. The molecule has 1 aliphatic heterocycles. The fourth-order valence-corrected chi connectivity index (χ4v) is 3.53. The molecule has 2 rings (SSSR count). The number of hydrogen-bond donors (Lipinski definition) is 0. The number of hydrogen-bond acceptors (Lipinski definition) is 5. The van der Waals surface area contributed by atoms with E-state index in [4.69, 9.17) is 0 Å². The first-order valence-corrected chi connectivity index (χ1v) is 12.2. The highest BCUT2D eigenvalue weighted by atomic mass is 32.2. The molecule has 2 amide bonds. The van der Waals surface area contributed by atoms with Crippen molar-refractivity contribution in [2.24, 2.45) is 0 Å². The van der Waals surface area contributed by atoms with E-state index in [9.17, 15) is 31.2 Å². The third-order valence-corrected chi connectivity index (χ3v) is 5.94. The number of imide groups is 1. The van der Waals surface area contributed by atoms with Gasteiger partial charge in [0, 0.05) is 29.6 Å². The van der Waals surface area contributed by atoms with Crippen LogP contribution in [0.5, 0.6) is 0 Å². The molecule has 1 heterocycles. The largest absolute Gasteiger partial charge is 0.525 e. The van der Waals surface area contributed by atoms with Crippen molar-refractivity contribution in [3.05, 3.63) is 59.3 Å². The molecule has 0 saturated carbocycles. The Labute approximate surface area is 197 Å². The number of nitrogens with zero attached hydrogens (tertiary/aromatic N) is 1. The molecule has 0 aromatic carbocycles. The van der Waals surface area contributed by atoms with Gasteiger partial charge in [0.15, 0.2) is 0 Å². The summed E-state index contributed by atoms with van der Waals surface area (Å²) < 4.78 is 64.7. The summed E-state index contributed by atoms with van der Waals surface area (Å²) in [6, 6.07) is 0. The van der Waals surface area contributed by atoms with Crippen LogP contribution in [0.15, 0.2) is 59.3 Å². The Morgan fingerprint density at radius 3 is 2.29 bits per heavy atom. The fourth-order valence-electron chi connectivity index (χ4n) is 3.11. The topological polar surface area (TPSA) is 80.8 Å². The molecule has 0 aromatic heterocycles. The summed E-state index contributed by atoms with van der Waals surface area (Å²) in [5, 5.41) is -0.383. The molecule has 1 saturated heterocycles. The zero-order valence-corrected chi connectivity index (χ0v) is 19.6. The second-order valence-electron chi connectivity index (χ2n) is 7.72. The summed E-state index contributed by atoms with van der Waals surface area (Å²) in [5.74, 6) is 3.44. The Hall–Kier alpha value is -2.90. The molecule has 6 nitrogen and oxygen atoms in total. The number of rotatable bonds is 8. The molecule has 2 aliphatic rings. The average Bonchev–Trinajstić information content (AvgIpc) is 2.76. The molecular weight excluding hydrogens is 471 g/mol. The van der Waals surface area contributed by atoms with E-state index in [1.165, 1.54) is 43.6 Å². The van der Waals surface area contributed by atoms with Crippen LogP contribution in [0, 0.1) is 11.8 Å². The monoisotopic (exact) mass is 497 g/mol. The summed E-state index contributed by atoms with van der Waals surface area (Å²) in [7, 11) is -6.22. The first-order chi connectivity index (χ1) is 16.0. The van der Waals surface area contributed by atoms with Crippen LogP contribution >= 0.6 is 0 Å². The van der Waals surface area contributed by atoms with E-state index < -0.39 is 27.4 Å². The van der Waals surface area contributed by atoms with Crippen molar-refractivity contribution in [2.45, 2.75) is 63.8 Å². The molecule has 0 atom stereocenters. The molecule has 1 aliphatic carbocycles. The molecule has 0 spiro atoms. The molecule has 2 bridgehead atoms. The quantitative estimate of drug-likeness (QED) is 0.200. The van der Waals surface area contributed by atoms with Gasteiger partial charge in [-0.15, -0.1) is 9.35 Å². The Balaban J connectivity index is 2.25. The number of fused-ring (bicyclic) bond motifs is 2. The normalized spacial score (nSPS) is 22.5. The summed E-state index contributed by atoms with van der Waals surface area (Å²) in [5.41, 5.74) is -5.08. The molecule has 184 valence electrons. The number of unbranched alkanes of at least 4 members (excludes halogenated alkanes) is 6. The van der Waals surface area contributed by atoms with Crippen LogP contribution in [-0.2, 0) is 24.0 Å². The van der Waals surface area contributed by atoms with Gasteiger partial charge in [0.05, 0.1) is 0 Å². The van der Waals surface area contributed by atoms with Crippen molar-refractivity contribution in [1.29, 1.82) is 0 Å². The number of amides is 2. The Morgan fingerprint density at radius 2 is 1.65 bits per heavy atom. The van der Waals surface area contributed by atoms with Gasteiger partial charge in [-0.05, 0) is 18.1 Å². The van der Waals surface area contributed by atoms with Crippen molar-refractivity contribution in [3.63, 3.8) is 0 Å². The first-order valence-electron chi connectivity index (χ1n) is 10.8. The van der Waals surface area contributed by atoms with Crippen LogP contribution < -0.4 is 0 Å². The lowest BCUT2D eigenvalue weighted by Crippen LogP contribution is -2.46. The minimum atomic E-state index is -6.22. The highest BCUT2D eigenvalue weighted by molar-refractivity contribution is 7.87. The number of allylic oxidation sites excluding steroid dienone is 7. The van der Waals surface area contributed by atoms with Gasteiger partial charge >= 0.3 is 15.6 Å². The molecule has 0 N–H and O–H groups in total. The van der Waals surface area contributed by atoms with Crippen LogP contribution in [-0.4, -0.2) is 30.8 Å². The van der Waals surface area contributed by atoms with Gasteiger partial charge in [0.25, 0.3) is 11.8 Å². The van der Waals surface area contributed by atoms with E-state index in [2.05, 4.69) is 29.6 Å². The summed E-state index contributed by atoms with van der Waals surface area (Å²) in [6.45, 7) is 6.07. The second kappa shape index (κ2) is 12.0. The molecule has 10 heteroatoms. The van der Waals surface area contributed by atoms with Crippen molar-refractivity contribution in [1.82, 2.24) is 5.06 Å². The zero-order valence-electron chi connectivity index (χ0n) is 18.8. The third kappa shape index (κ3) is 7.30. The molecule has 0 radical (unpaired) electrons. The number of halogens is 3. The minimum Gasteiger partial charge on any atom is -0.267 e. The van der Waals surface area contributed by atoms with E-state index in [-0.39, 0.29) is 22.6 Å². The molecule has 1 fully saturated rings. The SMILES string of the molecule is C=C1/C=C\C=C2/C/C(=C\C=C/1C#CCCCCCCCC)C(=O)N(OS(=O)(=O)C(F)(F)F)C2=O. The summed E-state index contributed by atoms with van der Waals surface area (Å²) in [4.78, 5) is 25.0. The molecule has 0 aromatic rings. The lowest BCUT2D eigenvalue weighted by molar-refractivity contribution is -0.170. The fraction of sp³-hybridized carbons (Fsp3) is 0.417. The van der Waals surface area contributed by atoms with Crippen LogP contribution in [0.4, 0.5) is 13.2 Å². The van der Waals surface area contributed by atoms with Crippen LogP contribution in [0.1, 0.15) is 58.3 Å². The van der Waals surface area contributed by atoms with Gasteiger partial charge in [-0.1, -0.05) is 81.8 Å². The zero-order chi connectivity index (χ0) is 25.4. The Bertz CT molecular complexity index is 1120. The van der Waals surface area contributed by atoms with E-state index in [1.807, 2.05) is 0 Å². The smallest absolute Gasteiger partial charge is 0.267 e. The van der Waals surface area contributed by atoms with Crippen LogP contribution in [0.3, 0.4) is 0 Å². The first kappa shape index (κ1) is 27.3. The van der Waals surface area contributed by atoms with Crippen molar-refractivity contribution in [2.75, 3.05) is 0 Å².